The van der Waals surface area contributed by atoms with E-state index in [1.54, 1.807) is 9.13 Å². The van der Waals surface area contributed by atoms with E-state index in [0.29, 0.717) is 124 Å². The molecule has 440 valence electrons. The highest BCUT2D eigenvalue weighted by molar-refractivity contribution is 5.86. The Bertz CT molecular complexity index is 3020. The van der Waals surface area contributed by atoms with E-state index in [2.05, 4.69) is 73.4 Å². The second-order valence-corrected chi connectivity index (χ2v) is 22.2. The number of aromatic nitrogens is 16. The molecule has 12 atom stereocenters. The average molecular weight is 1140 g/mol. The fourth-order valence-electron chi connectivity index (χ4n) is 12.1. The molecule has 4 amide bonds. The third-order valence-corrected chi connectivity index (χ3v) is 16.7. The fraction of sp³-hybridized carbons (Fsp3) is 0.708. The van der Waals surface area contributed by atoms with Crippen LogP contribution in [-0.2, 0) is 22.6 Å². The Balaban J connectivity index is 0.742. The number of aliphatic hydroxyl groups excluding tert-OH is 4. The second kappa shape index (κ2) is 22.8. The topological polar surface area (TPSA) is 411 Å². The highest BCUT2D eigenvalue weighted by atomic mass is 16.6. The number of rotatable bonds is 16. The Kier molecular flexibility index (Phi) is 15.0. The summed E-state index contributed by atoms with van der Waals surface area (Å²) in [4.78, 5) is 62.6. The van der Waals surface area contributed by atoms with Crippen LogP contribution in [0.15, 0.2) is 12.7 Å². The van der Waals surface area contributed by atoms with Crippen LogP contribution in [0.5, 0.6) is 0 Å². The van der Waals surface area contributed by atoms with E-state index >= 15 is 0 Å². The van der Waals surface area contributed by atoms with Gasteiger partial charge < -0.3 is 82.2 Å². The smallest absolute Gasteiger partial charge is 0.315 e. The van der Waals surface area contributed by atoms with Crippen molar-refractivity contribution in [2.75, 3.05) is 72.8 Å². The van der Waals surface area contributed by atoms with Crippen molar-refractivity contribution < 1.29 is 39.5 Å². The maximum atomic E-state index is 13.0. The van der Waals surface area contributed by atoms with Gasteiger partial charge in [0.2, 0.25) is 23.5 Å². The number of urea groups is 2. The minimum Gasteiger partial charge on any atom is -0.387 e. The van der Waals surface area contributed by atoms with Gasteiger partial charge in [-0.2, -0.15) is 29.5 Å². The zero-order valence-electron chi connectivity index (χ0n) is 45.4. The van der Waals surface area contributed by atoms with E-state index in [0.717, 1.165) is 39.0 Å². The number of hydrogen-bond acceptors (Lipinski definition) is 26. The summed E-state index contributed by atoms with van der Waals surface area (Å²) < 4.78 is 15.8. The number of ether oxygens (including phenoxy) is 2. The average Bonchev–Trinajstić information content (AvgIpc) is 3.06. The van der Waals surface area contributed by atoms with Crippen LogP contribution in [0.25, 0.3) is 22.3 Å². The van der Waals surface area contributed by atoms with Crippen molar-refractivity contribution in [3.05, 3.63) is 24.3 Å². The molecule has 6 aromatic rings. The van der Waals surface area contributed by atoms with Gasteiger partial charge in [-0.3, -0.25) is 9.13 Å². The Hall–Kier alpha value is -7.34. The van der Waals surface area contributed by atoms with Crippen LogP contribution in [0, 0.1) is 0 Å². The number of nitrogens with zero attached hydrogens (tertiary/aromatic N) is 18. The van der Waals surface area contributed by atoms with Crippen molar-refractivity contribution in [2.24, 2.45) is 0 Å². The van der Waals surface area contributed by atoms with Crippen molar-refractivity contribution in [1.82, 2.24) is 111 Å². The molecule has 13 rings (SSSR count). The number of carbonyl (C=O) groups excluding carboxylic acids is 2. The van der Waals surface area contributed by atoms with Gasteiger partial charge in [0.15, 0.2) is 58.6 Å². The molecule has 0 bridgehead atoms. The van der Waals surface area contributed by atoms with Gasteiger partial charge >= 0.3 is 12.1 Å². The number of imidazole rings is 2. The third-order valence-electron chi connectivity index (χ3n) is 16.7. The van der Waals surface area contributed by atoms with Gasteiger partial charge in [0.05, 0.1) is 25.7 Å². The van der Waals surface area contributed by atoms with E-state index in [9.17, 15) is 30.0 Å². The molecule has 0 aromatic carbocycles. The number of fused-ring (bicyclic) bond motifs is 2. The maximum Gasteiger partial charge on any atom is 0.315 e. The summed E-state index contributed by atoms with van der Waals surface area (Å²) in [6, 6.07) is -0.753. The van der Waals surface area contributed by atoms with E-state index in [1.807, 2.05) is 23.6 Å². The molecule has 82 heavy (non-hydrogen) atoms. The first-order valence-electron chi connectivity index (χ1n) is 28.6. The van der Waals surface area contributed by atoms with Crippen LogP contribution in [0.4, 0.5) is 33.1 Å². The molecule has 7 fully saturated rings. The third kappa shape index (κ3) is 10.7. The molecule has 1 aliphatic carbocycles. The van der Waals surface area contributed by atoms with Gasteiger partial charge in [0.25, 0.3) is 0 Å². The van der Waals surface area contributed by atoms with Crippen LogP contribution >= 0.6 is 0 Å². The molecule has 6 saturated heterocycles. The lowest BCUT2D eigenvalue weighted by Gasteiger charge is -2.31. The van der Waals surface area contributed by atoms with Crippen molar-refractivity contribution in [3.63, 3.8) is 0 Å². The molecule has 0 spiro atoms. The SMILES string of the molecule is CCn1nnc([C@H]2O[C@@H](n3cnc4c(N[C@H]5CC[C@H](Nc6nc(N7CC[C@@H](NC(=O)N[C@@H]8CCNC8)C7)nc7c6ncn7[C@@H]6O[C@H](c7nnn(CC)n7)[C@@H](O)[C@H]6O)CC5)nc(N5CC[C@@H](NC(=O)N[C@@H]6CCNC6)C5)nc43)[C@H](O)[C@@H]2O)n1. The first-order valence-corrected chi connectivity index (χ1v) is 28.6. The molecule has 6 aromatic heterocycles. The Labute approximate surface area is 468 Å². The van der Waals surface area contributed by atoms with Gasteiger partial charge in [0, 0.05) is 75.5 Å². The zero-order valence-corrected chi connectivity index (χ0v) is 45.4. The minimum atomic E-state index is -1.40. The lowest BCUT2D eigenvalue weighted by Crippen LogP contribution is -2.47. The summed E-state index contributed by atoms with van der Waals surface area (Å²) in [5.41, 5.74) is 1.59. The maximum absolute atomic E-state index is 13.0. The number of tetrazole rings is 2. The summed E-state index contributed by atoms with van der Waals surface area (Å²) in [6.45, 7) is 9.84. The van der Waals surface area contributed by atoms with Crippen molar-refractivity contribution in [1.29, 1.82) is 0 Å². The number of hydrogen-bond donors (Lipinski definition) is 12. The molecule has 0 unspecified atom stereocenters. The first kappa shape index (κ1) is 53.9. The van der Waals surface area contributed by atoms with E-state index in [4.69, 9.17) is 39.4 Å². The summed E-state index contributed by atoms with van der Waals surface area (Å²) in [6.07, 6.45) is -0.995. The van der Waals surface area contributed by atoms with Gasteiger partial charge in [-0.1, -0.05) is 0 Å². The van der Waals surface area contributed by atoms with Crippen molar-refractivity contribution in [2.45, 2.75) is 164 Å². The molecule has 1 saturated carbocycles. The van der Waals surface area contributed by atoms with Crippen LogP contribution in [0.2, 0.25) is 0 Å². The number of anilines is 4. The molecular formula is C48H70N26O8. The molecular weight excluding hydrogens is 1070 g/mol. The number of amides is 4. The summed E-state index contributed by atoms with van der Waals surface area (Å²) >= 11 is 0. The molecule has 7 aliphatic rings. The molecule has 12 heterocycles. The normalized spacial score (nSPS) is 31.2. The molecule has 34 nitrogen and oxygen atoms in total. The van der Waals surface area contributed by atoms with E-state index in [1.165, 1.54) is 22.2 Å². The lowest BCUT2D eigenvalue weighted by atomic mass is 9.91. The fourth-order valence-corrected chi connectivity index (χ4v) is 12.1. The summed E-state index contributed by atoms with van der Waals surface area (Å²) in [5, 5.41) is 96.6. The highest BCUT2D eigenvalue weighted by Crippen LogP contribution is 2.42. The Morgan fingerprint density at radius 1 is 0.561 bits per heavy atom. The Morgan fingerprint density at radius 2 is 0.988 bits per heavy atom. The first-order chi connectivity index (χ1) is 39.9. The highest BCUT2D eigenvalue weighted by Gasteiger charge is 2.49. The van der Waals surface area contributed by atoms with Crippen LogP contribution in [-0.4, -0.2) is 225 Å². The predicted octanol–water partition coefficient (Wildman–Crippen LogP) is -2.72. The van der Waals surface area contributed by atoms with Crippen molar-refractivity contribution >= 4 is 57.9 Å². The minimum absolute atomic E-state index is 0.0622. The standard InChI is InChI=1S/C48H70N26O8/c1-3-73-65-39(63-67-73)35-31(75)33(77)43(81-35)71-21-51-29-37(59-45(61-41(29)71)69-15-11-27(19-69)57-47(79)55-25-9-13-49-17-25)53-23-5-7-24(8-6-23)54-38-30-42(62-46(60-38)70-16-12-28(20-70)58-48(80)56-26-10-14-50-18-26)72(22-52-30)44-34(78)32(76)36(82-44)40-64-68-74(4-2)66-40/h21-28,31-36,43-44,49-50,75-78H,3-20H2,1-2H3,(H,53,59,61)(H,54,60,62)(H2,55,57,79)(H2,56,58,80)/t23-,24-,25-,26-,27-,28-,31+,32+,33-,34-,35+,36+,43-,44-/m1/s1. The van der Waals surface area contributed by atoms with Gasteiger partial charge in [0.1, 0.15) is 24.4 Å². The largest absolute Gasteiger partial charge is 0.387 e. The van der Waals surface area contributed by atoms with E-state index in [-0.39, 0.29) is 60.0 Å². The Morgan fingerprint density at radius 3 is 1.38 bits per heavy atom. The number of aryl methyl sites for hydroxylation is 2. The van der Waals surface area contributed by atoms with Gasteiger partial charge in [-0.25, -0.2) is 19.6 Å². The number of carbonyl (C=O) groups is 2. The number of nitrogens with one attached hydrogen (secondary N) is 8. The summed E-state index contributed by atoms with van der Waals surface area (Å²) in [5.74, 6) is 2.01. The molecule has 6 aliphatic heterocycles. The molecule has 12 N–H and O–H groups in total. The van der Waals surface area contributed by atoms with E-state index < -0.39 is 49.1 Å². The van der Waals surface area contributed by atoms with Crippen LogP contribution in [0.3, 0.4) is 0 Å². The van der Waals surface area contributed by atoms with Crippen LogP contribution < -0.4 is 52.3 Å². The lowest BCUT2D eigenvalue weighted by molar-refractivity contribution is -0.0384. The van der Waals surface area contributed by atoms with Crippen LogP contribution in [0.1, 0.15) is 102 Å². The second-order valence-electron chi connectivity index (χ2n) is 22.2. The monoisotopic (exact) mass is 1140 g/mol. The van der Waals surface area contributed by atoms with Gasteiger partial charge in [-0.15, -0.1) is 20.4 Å². The number of aliphatic hydroxyl groups is 4. The van der Waals surface area contributed by atoms with Crippen molar-refractivity contribution in [3.8, 4) is 0 Å². The predicted molar refractivity (Wildman–Crippen MR) is 288 cm³/mol. The quantitative estimate of drug-likeness (QED) is 0.0468. The summed E-state index contributed by atoms with van der Waals surface area (Å²) in [7, 11) is 0. The van der Waals surface area contributed by atoms with Gasteiger partial charge in [-0.05, 0) is 88.7 Å². The molecule has 0 radical (unpaired) electrons. The molecule has 34 heteroatoms. The zero-order chi connectivity index (χ0) is 56.2.